The zero-order valence-electron chi connectivity index (χ0n) is 15.6. The fourth-order valence-corrected chi connectivity index (χ4v) is 3.75. The van der Waals surface area contributed by atoms with Crippen molar-refractivity contribution in [2.24, 2.45) is 0 Å². The molecule has 3 aromatic carbocycles. The molecule has 5 heteroatoms. The molecule has 0 saturated carbocycles. The number of nitrogens with one attached hydrogen (secondary N) is 1. The first-order chi connectivity index (χ1) is 13.7. The van der Waals surface area contributed by atoms with Crippen molar-refractivity contribution in [2.75, 3.05) is 18.4 Å². The molecule has 3 aromatic rings. The summed E-state index contributed by atoms with van der Waals surface area (Å²) < 4.78 is 5.84. The average Bonchev–Trinajstić information content (AvgIpc) is 2.75. The number of ether oxygens (including phenoxy) is 1. The number of carbonyl (C=O) groups excluding carboxylic acids is 1. The smallest absolute Gasteiger partial charge is 0.264 e. The molecule has 4 rings (SSSR count). The molecule has 1 aliphatic heterocycles. The summed E-state index contributed by atoms with van der Waals surface area (Å²) in [4.78, 5) is 14.9. The molecule has 1 aliphatic rings. The van der Waals surface area contributed by atoms with E-state index >= 15 is 0 Å². The van der Waals surface area contributed by atoms with E-state index in [0.717, 1.165) is 42.4 Å². The van der Waals surface area contributed by atoms with Crippen molar-refractivity contribution < 1.29 is 9.53 Å². The Labute approximate surface area is 170 Å². The first-order valence-corrected chi connectivity index (χ1v) is 9.97. The lowest BCUT2D eigenvalue weighted by atomic mass is 10.1. The van der Waals surface area contributed by atoms with Crippen molar-refractivity contribution in [3.8, 4) is 5.75 Å². The Balaban J connectivity index is 1.49. The maximum atomic E-state index is 12.8. The van der Waals surface area contributed by atoms with E-state index in [4.69, 9.17) is 17.0 Å². The van der Waals surface area contributed by atoms with Gasteiger partial charge in [-0.25, -0.2) is 0 Å². The third-order valence-corrected chi connectivity index (χ3v) is 5.30. The highest BCUT2D eigenvalue weighted by molar-refractivity contribution is 7.80. The zero-order valence-corrected chi connectivity index (χ0v) is 16.4. The molecule has 0 spiro atoms. The van der Waals surface area contributed by atoms with E-state index in [0.29, 0.717) is 16.5 Å². The van der Waals surface area contributed by atoms with Crippen LogP contribution < -0.4 is 10.1 Å². The first-order valence-electron chi connectivity index (χ1n) is 9.57. The number of piperidine rings is 1. The van der Waals surface area contributed by atoms with Crippen LogP contribution in [0.2, 0.25) is 0 Å². The normalized spacial score (nSPS) is 13.9. The number of nitrogens with zero attached hydrogens (tertiary/aromatic N) is 1. The number of fused-ring (bicyclic) bond motifs is 1. The van der Waals surface area contributed by atoms with Gasteiger partial charge in [-0.3, -0.25) is 4.79 Å². The highest BCUT2D eigenvalue weighted by Gasteiger charge is 2.16. The highest BCUT2D eigenvalue weighted by atomic mass is 32.1. The summed E-state index contributed by atoms with van der Waals surface area (Å²) in [7, 11) is 0. The van der Waals surface area contributed by atoms with Gasteiger partial charge in [0.2, 0.25) is 0 Å². The summed E-state index contributed by atoms with van der Waals surface area (Å²) in [6.07, 6.45) is 3.51. The molecule has 28 heavy (non-hydrogen) atoms. The molecule has 1 amide bonds. The van der Waals surface area contributed by atoms with Gasteiger partial charge in [-0.05, 0) is 61.1 Å². The van der Waals surface area contributed by atoms with Crippen LogP contribution in [-0.2, 0) is 0 Å². The Morgan fingerprint density at radius 1 is 0.929 bits per heavy atom. The predicted molar refractivity (Wildman–Crippen MR) is 117 cm³/mol. The van der Waals surface area contributed by atoms with E-state index in [1.165, 1.54) is 6.42 Å². The highest BCUT2D eigenvalue weighted by Crippen LogP contribution is 2.24. The van der Waals surface area contributed by atoms with Gasteiger partial charge in [-0.2, -0.15) is 0 Å². The van der Waals surface area contributed by atoms with Crippen molar-refractivity contribution in [1.29, 1.82) is 0 Å². The molecule has 1 N–H and O–H groups in total. The van der Waals surface area contributed by atoms with Gasteiger partial charge >= 0.3 is 0 Å². The average molecular weight is 391 g/mol. The SMILES string of the molecule is O=C(Nc1cccc2ccccc12)c1cccc(OC(=S)N2CCCCC2)c1. The molecule has 1 fully saturated rings. The second-order valence-electron chi connectivity index (χ2n) is 6.92. The van der Waals surface area contributed by atoms with Crippen LogP contribution in [0.25, 0.3) is 10.8 Å². The number of benzene rings is 3. The molecule has 4 nitrogen and oxygen atoms in total. The van der Waals surface area contributed by atoms with Crippen LogP contribution in [0.4, 0.5) is 5.69 Å². The van der Waals surface area contributed by atoms with Crippen molar-refractivity contribution >= 4 is 39.8 Å². The largest absolute Gasteiger partial charge is 0.432 e. The lowest BCUT2D eigenvalue weighted by Gasteiger charge is -2.28. The summed E-state index contributed by atoms with van der Waals surface area (Å²) in [5, 5.41) is 5.58. The van der Waals surface area contributed by atoms with E-state index in [9.17, 15) is 4.79 Å². The summed E-state index contributed by atoms with van der Waals surface area (Å²) in [6.45, 7) is 1.86. The topological polar surface area (TPSA) is 41.6 Å². The number of rotatable bonds is 3. The number of thiocarbonyl (C=S) groups is 1. The number of hydrogen-bond donors (Lipinski definition) is 1. The van der Waals surface area contributed by atoms with Crippen molar-refractivity contribution in [1.82, 2.24) is 4.90 Å². The summed E-state index contributed by atoms with van der Waals surface area (Å²) in [5.74, 6) is 0.409. The van der Waals surface area contributed by atoms with Crippen LogP contribution in [-0.4, -0.2) is 29.1 Å². The van der Waals surface area contributed by atoms with Crippen LogP contribution >= 0.6 is 12.2 Å². The number of amides is 1. The summed E-state index contributed by atoms with van der Waals surface area (Å²) in [6, 6.07) is 21.0. The van der Waals surface area contributed by atoms with E-state index in [2.05, 4.69) is 10.2 Å². The monoisotopic (exact) mass is 390 g/mol. The molecular formula is C23H22N2O2S. The Morgan fingerprint density at radius 2 is 1.68 bits per heavy atom. The van der Waals surface area contributed by atoms with E-state index in [1.807, 2.05) is 54.6 Å². The number of anilines is 1. The molecule has 0 radical (unpaired) electrons. The molecular weight excluding hydrogens is 368 g/mol. The van der Waals surface area contributed by atoms with Gasteiger partial charge in [0.05, 0.1) is 0 Å². The Bertz CT molecular complexity index is 1010. The molecule has 0 aromatic heterocycles. The van der Waals surface area contributed by atoms with Crippen molar-refractivity contribution in [2.45, 2.75) is 19.3 Å². The maximum Gasteiger partial charge on any atom is 0.264 e. The van der Waals surface area contributed by atoms with E-state index in [-0.39, 0.29) is 5.91 Å². The van der Waals surface area contributed by atoms with Gasteiger partial charge in [-0.1, -0.05) is 42.5 Å². The third-order valence-electron chi connectivity index (χ3n) is 4.95. The number of hydrogen-bond acceptors (Lipinski definition) is 3. The minimum absolute atomic E-state index is 0.175. The van der Waals surface area contributed by atoms with Gasteiger partial charge in [0, 0.05) is 29.7 Å². The quantitative estimate of drug-likeness (QED) is 0.621. The molecule has 0 unspecified atom stereocenters. The van der Waals surface area contributed by atoms with E-state index in [1.54, 1.807) is 12.1 Å². The second-order valence-corrected chi connectivity index (χ2v) is 7.27. The Morgan fingerprint density at radius 3 is 2.54 bits per heavy atom. The molecule has 0 atom stereocenters. The fraction of sp³-hybridized carbons (Fsp3) is 0.217. The standard InChI is InChI=1S/C23H22N2O2S/c26-22(24-21-13-7-9-17-8-2-3-12-20(17)21)18-10-6-11-19(16-18)27-23(28)25-14-4-1-5-15-25/h2-3,6-13,16H,1,4-5,14-15H2,(H,24,26). The molecule has 142 valence electrons. The minimum atomic E-state index is -0.175. The van der Waals surface area contributed by atoms with Gasteiger partial charge in [0.25, 0.3) is 11.1 Å². The summed E-state index contributed by atoms with van der Waals surface area (Å²) in [5.41, 5.74) is 1.32. The molecule has 0 bridgehead atoms. The van der Waals surface area contributed by atoms with Crippen LogP contribution in [0.1, 0.15) is 29.6 Å². The lowest BCUT2D eigenvalue weighted by molar-refractivity contribution is 0.102. The van der Waals surface area contributed by atoms with Crippen LogP contribution in [0.5, 0.6) is 5.75 Å². The minimum Gasteiger partial charge on any atom is -0.432 e. The van der Waals surface area contributed by atoms with Crippen molar-refractivity contribution in [3.63, 3.8) is 0 Å². The zero-order chi connectivity index (χ0) is 19.3. The fourth-order valence-electron chi connectivity index (χ4n) is 3.47. The number of carbonyl (C=O) groups is 1. The van der Waals surface area contributed by atoms with Crippen LogP contribution in [0, 0.1) is 0 Å². The van der Waals surface area contributed by atoms with Gasteiger partial charge in [-0.15, -0.1) is 0 Å². The second kappa shape index (κ2) is 8.40. The predicted octanol–water partition coefficient (Wildman–Crippen LogP) is 5.24. The molecule has 0 aliphatic carbocycles. The lowest BCUT2D eigenvalue weighted by Crippen LogP contribution is -2.37. The van der Waals surface area contributed by atoms with Crippen LogP contribution in [0.15, 0.2) is 66.7 Å². The third kappa shape index (κ3) is 4.15. The van der Waals surface area contributed by atoms with Gasteiger partial charge in [0.1, 0.15) is 5.75 Å². The number of likely N-dealkylation sites (tertiary alicyclic amines) is 1. The molecule has 1 saturated heterocycles. The van der Waals surface area contributed by atoms with Gasteiger partial charge < -0.3 is 15.0 Å². The molecule has 1 heterocycles. The summed E-state index contributed by atoms with van der Waals surface area (Å²) >= 11 is 5.43. The van der Waals surface area contributed by atoms with Crippen LogP contribution in [0.3, 0.4) is 0 Å². The van der Waals surface area contributed by atoms with E-state index < -0.39 is 0 Å². The first kappa shape index (κ1) is 18.4. The van der Waals surface area contributed by atoms with Gasteiger partial charge in [0.15, 0.2) is 0 Å². The maximum absolute atomic E-state index is 12.8. The van der Waals surface area contributed by atoms with Crippen molar-refractivity contribution in [3.05, 3.63) is 72.3 Å². The Hall–Kier alpha value is -2.92. The Kier molecular flexibility index (Phi) is 5.53.